The molecule has 0 N–H and O–H groups in total. The minimum atomic E-state index is 0.130. The first-order chi connectivity index (χ1) is 26.2. The third kappa shape index (κ3) is 4.20. The largest absolute Gasteiger partial charge is 0.310 e. The number of hydrogen-bond donors (Lipinski definition) is 0. The zero-order valence-electron chi connectivity index (χ0n) is 29.9. The second-order valence-corrected chi connectivity index (χ2v) is 16.5. The second-order valence-electron chi connectivity index (χ2n) is 16.5. The average Bonchev–Trinajstić information content (AvgIpc) is 3.51. The fourth-order valence-electron chi connectivity index (χ4n) is 12.2. The first-order valence-electron chi connectivity index (χ1n) is 19.8. The monoisotopic (exact) mass is 679 g/mol. The molecule has 4 bridgehead atoms. The van der Waals surface area contributed by atoms with E-state index in [-0.39, 0.29) is 5.41 Å². The van der Waals surface area contributed by atoms with Gasteiger partial charge >= 0.3 is 0 Å². The molecule has 0 radical (unpaired) electrons. The molecule has 5 aliphatic carbocycles. The lowest BCUT2D eigenvalue weighted by Gasteiger charge is -2.61. The molecule has 0 aliphatic heterocycles. The van der Waals surface area contributed by atoms with Crippen molar-refractivity contribution in [1.82, 2.24) is 0 Å². The van der Waals surface area contributed by atoms with Crippen molar-refractivity contribution in [3.8, 4) is 22.3 Å². The lowest BCUT2D eigenvalue weighted by molar-refractivity contribution is -0.0399. The maximum atomic E-state index is 2.55. The molecule has 0 amide bonds. The van der Waals surface area contributed by atoms with Crippen molar-refractivity contribution in [1.29, 1.82) is 0 Å². The Hall–Kier alpha value is -5.66. The van der Waals surface area contributed by atoms with Crippen LogP contribution in [0, 0.1) is 23.7 Å². The van der Waals surface area contributed by atoms with Crippen LogP contribution in [0.1, 0.15) is 43.2 Å². The molecule has 0 atom stereocenters. The molecule has 4 saturated carbocycles. The summed E-state index contributed by atoms with van der Waals surface area (Å²) in [5.41, 5.74) is 12.4. The summed E-state index contributed by atoms with van der Waals surface area (Å²) in [5.74, 6) is 3.33. The Kier molecular flexibility index (Phi) is 6.30. The summed E-state index contributed by atoms with van der Waals surface area (Å²) < 4.78 is 0. The van der Waals surface area contributed by atoms with E-state index in [1.54, 1.807) is 11.1 Å². The van der Waals surface area contributed by atoms with E-state index in [0.29, 0.717) is 0 Å². The SMILES string of the molecule is c1ccc2c(c1)-c1c(N(c3ccc(-c4cc5ccccc5c5ccccc45)cc3)c3ccc4ccccc4c3)cccc1C21C2CC3CC(C2)CC1C3. The van der Waals surface area contributed by atoms with Gasteiger partial charge < -0.3 is 4.90 Å². The van der Waals surface area contributed by atoms with E-state index in [1.807, 2.05) is 0 Å². The van der Waals surface area contributed by atoms with Crippen LogP contribution >= 0.6 is 0 Å². The fraction of sp³-hybridized carbons (Fsp3) is 0.192. The van der Waals surface area contributed by atoms with Gasteiger partial charge in [-0.2, -0.15) is 0 Å². The van der Waals surface area contributed by atoms with Crippen molar-refractivity contribution >= 4 is 49.4 Å². The molecule has 0 saturated heterocycles. The molecule has 8 aromatic rings. The molecule has 5 aliphatic rings. The van der Waals surface area contributed by atoms with Gasteiger partial charge in [0.15, 0.2) is 0 Å². The standard InChI is InChI=1S/C52H41N/c1-2-11-37-31-42(25-20-35(37)10-1)53(41-23-21-36(22-24-41)47-32-38-12-3-4-13-43(38)44-14-5-6-15-45(44)47)50-19-9-18-49-51(50)46-16-7-8-17-48(46)52(49)39-27-33-26-34(29-39)30-40(52)28-33/h1-25,31-34,39-40H,26-30H2. The van der Waals surface area contributed by atoms with Gasteiger partial charge in [-0.25, -0.2) is 0 Å². The van der Waals surface area contributed by atoms with Crippen LogP contribution in [0.4, 0.5) is 17.1 Å². The highest BCUT2D eigenvalue weighted by Gasteiger charge is 2.61. The normalized spacial score (nSPS) is 23.5. The average molecular weight is 680 g/mol. The van der Waals surface area contributed by atoms with Gasteiger partial charge in [0.2, 0.25) is 0 Å². The van der Waals surface area contributed by atoms with Gasteiger partial charge in [0, 0.05) is 22.4 Å². The molecular weight excluding hydrogens is 639 g/mol. The molecule has 0 heterocycles. The maximum Gasteiger partial charge on any atom is 0.0543 e. The van der Waals surface area contributed by atoms with Gasteiger partial charge in [-0.05, 0) is 152 Å². The number of hydrogen-bond acceptors (Lipinski definition) is 1. The van der Waals surface area contributed by atoms with E-state index in [2.05, 4.69) is 169 Å². The zero-order valence-corrected chi connectivity index (χ0v) is 29.9. The van der Waals surface area contributed by atoms with Crippen molar-refractivity contribution in [2.45, 2.75) is 37.5 Å². The number of rotatable bonds is 4. The molecular formula is C52H41N. The molecule has 1 nitrogen and oxygen atoms in total. The quantitative estimate of drug-likeness (QED) is 0.167. The summed E-state index contributed by atoms with van der Waals surface area (Å²) in [5, 5.41) is 7.72. The third-order valence-corrected chi connectivity index (χ3v) is 14.0. The van der Waals surface area contributed by atoms with Crippen LogP contribution in [-0.2, 0) is 5.41 Å². The molecule has 1 heteroatoms. The van der Waals surface area contributed by atoms with E-state index < -0.39 is 0 Å². The summed E-state index contributed by atoms with van der Waals surface area (Å²) in [6.45, 7) is 0. The van der Waals surface area contributed by atoms with Gasteiger partial charge in [-0.15, -0.1) is 0 Å². The van der Waals surface area contributed by atoms with Crippen molar-refractivity contribution < 1.29 is 0 Å². The van der Waals surface area contributed by atoms with Gasteiger partial charge in [0.05, 0.1) is 5.69 Å². The predicted octanol–water partition coefficient (Wildman–Crippen LogP) is 14.0. The van der Waals surface area contributed by atoms with Gasteiger partial charge in [-0.1, -0.05) is 127 Å². The molecule has 0 aromatic heterocycles. The number of benzene rings is 8. The van der Waals surface area contributed by atoms with Crippen LogP contribution in [-0.4, -0.2) is 0 Å². The molecule has 13 rings (SSSR count). The highest BCUT2D eigenvalue weighted by atomic mass is 15.1. The van der Waals surface area contributed by atoms with Crippen molar-refractivity contribution in [2.75, 3.05) is 4.90 Å². The summed E-state index contributed by atoms with van der Waals surface area (Å²) >= 11 is 0. The minimum absolute atomic E-state index is 0.130. The summed E-state index contributed by atoms with van der Waals surface area (Å²) in [4.78, 5) is 2.55. The minimum Gasteiger partial charge on any atom is -0.310 e. The molecule has 8 aromatic carbocycles. The van der Waals surface area contributed by atoms with Gasteiger partial charge in [-0.3, -0.25) is 0 Å². The zero-order chi connectivity index (χ0) is 34.7. The van der Waals surface area contributed by atoms with Crippen molar-refractivity contribution in [2.24, 2.45) is 23.7 Å². The lowest BCUT2D eigenvalue weighted by atomic mass is 9.43. The predicted molar refractivity (Wildman–Crippen MR) is 222 cm³/mol. The van der Waals surface area contributed by atoms with E-state index in [1.165, 1.54) is 104 Å². The number of anilines is 3. The highest BCUT2D eigenvalue weighted by Crippen LogP contribution is 2.70. The Labute approximate surface area is 311 Å². The molecule has 0 unspecified atom stereocenters. The van der Waals surface area contributed by atoms with Crippen LogP contribution in [0.15, 0.2) is 164 Å². The van der Waals surface area contributed by atoms with E-state index in [9.17, 15) is 0 Å². The third-order valence-electron chi connectivity index (χ3n) is 14.0. The maximum absolute atomic E-state index is 2.55. The Balaban J connectivity index is 1.07. The Morgan fingerprint density at radius 3 is 1.83 bits per heavy atom. The molecule has 53 heavy (non-hydrogen) atoms. The molecule has 254 valence electrons. The number of nitrogens with zero attached hydrogens (tertiary/aromatic N) is 1. The smallest absolute Gasteiger partial charge is 0.0543 e. The first-order valence-corrected chi connectivity index (χ1v) is 19.8. The fourth-order valence-corrected chi connectivity index (χ4v) is 12.2. The second kappa shape index (κ2) is 11.2. The van der Waals surface area contributed by atoms with Crippen LogP contribution in [0.3, 0.4) is 0 Å². The summed E-state index contributed by atoms with van der Waals surface area (Å²) in [7, 11) is 0. The van der Waals surface area contributed by atoms with Crippen LogP contribution in [0.2, 0.25) is 0 Å². The van der Waals surface area contributed by atoms with Gasteiger partial charge in [0.1, 0.15) is 0 Å². The summed E-state index contributed by atoms with van der Waals surface area (Å²) in [6.07, 6.45) is 7.04. The van der Waals surface area contributed by atoms with Crippen LogP contribution in [0.25, 0.3) is 54.6 Å². The van der Waals surface area contributed by atoms with Crippen molar-refractivity contribution in [3.63, 3.8) is 0 Å². The molecule has 4 fully saturated rings. The Morgan fingerprint density at radius 2 is 1.04 bits per heavy atom. The molecule has 1 spiro atoms. The van der Waals surface area contributed by atoms with Crippen LogP contribution < -0.4 is 4.90 Å². The highest BCUT2D eigenvalue weighted by molar-refractivity contribution is 6.13. The van der Waals surface area contributed by atoms with Crippen molar-refractivity contribution in [3.05, 3.63) is 175 Å². The van der Waals surface area contributed by atoms with E-state index in [4.69, 9.17) is 0 Å². The lowest BCUT2D eigenvalue weighted by Crippen LogP contribution is -2.55. The van der Waals surface area contributed by atoms with Gasteiger partial charge in [0.25, 0.3) is 0 Å². The Bertz CT molecular complexity index is 2730. The van der Waals surface area contributed by atoms with E-state index in [0.717, 1.165) is 23.7 Å². The number of fused-ring (bicyclic) bond motifs is 7. The Morgan fingerprint density at radius 1 is 0.415 bits per heavy atom. The summed E-state index contributed by atoms with van der Waals surface area (Å²) in [6, 6.07) is 62.0. The topological polar surface area (TPSA) is 3.24 Å². The van der Waals surface area contributed by atoms with E-state index >= 15 is 0 Å². The first kappa shape index (κ1) is 29.9. The van der Waals surface area contributed by atoms with Crippen LogP contribution in [0.5, 0.6) is 0 Å².